The molecule has 0 aliphatic carbocycles. The summed E-state index contributed by atoms with van der Waals surface area (Å²) >= 11 is 0. The molecule has 0 spiro atoms. The first-order chi connectivity index (χ1) is 11.6. The minimum absolute atomic E-state index is 0.934. The molecule has 0 aromatic heterocycles. The zero-order chi connectivity index (χ0) is 17.9. The molecule has 0 N–H and O–H groups in total. The zero-order valence-electron chi connectivity index (χ0n) is 17.2. The Labute approximate surface area is 154 Å². The molecule has 1 nitrogen and oxygen atoms in total. The molecule has 0 aromatic carbocycles. The Hall–Kier alpha value is -0.0831. The van der Waals surface area contributed by atoms with Crippen molar-refractivity contribution in [2.45, 2.75) is 123 Å². The molecule has 0 saturated heterocycles. The van der Waals surface area contributed by atoms with Crippen LogP contribution < -0.4 is 0 Å². The first-order valence-corrected chi connectivity index (χ1v) is 13.9. The van der Waals surface area contributed by atoms with Crippen molar-refractivity contribution >= 4 is 8.32 Å². The van der Waals surface area contributed by atoms with Gasteiger partial charge in [0.05, 0.1) is 0 Å². The standard InChI is InChI=1S/C22H46OSi/c1-5-7-8-9-10-11-12-13-14-15-16-17-18-19-20-21-22-23-24(3,4)6-2/h6H,2,5,7-22H2,1,3-4H3. The highest BCUT2D eigenvalue weighted by molar-refractivity contribution is 6.76. The van der Waals surface area contributed by atoms with E-state index in [-0.39, 0.29) is 0 Å². The van der Waals surface area contributed by atoms with E-state index in [4.69, 9.17) is 4.43 Å². The Morgan fingerprint density at radius 3 is 1.29 bits per heavy atom. The number of hydrogen-bond acceptors (Lipinski definition) is 1. The molecule has 0 aliphatic rings. The molecule has 0 fully saturated rings. The molecule has 0 aliphatic heterocycles. The molecule has 0 unspecified atom stereocenters. The van der Waals surface area contributed by atoms with Crippen molar-refractivity contribution in [1.29, 1.82) is 0 Å². The topological polar surface area (TPSA) is 9.23 Å². The lowest BCUT2D eigenvalue weighted by atomic mass is 10.0. The van der Waals surface area contributed by atoms with Crippen LogP contribution in [0, 0.1) is 0 Å². The number of hydrogen-bond donors (Lipinski definition) is 0. The lowest BCUT2D eigenvalue weighted by molar-refractivity contribution is 0.301. The third kappa shape index (κ3) is 18.3. The summed E-state index contributed by atoms with van der Waals surface area (Å²) < 4.78 is 5.92. The highest BCUT2D eigenvalue weighted by Crippen LogP contribution is 2.14. The van der Waals surface area contributed by atoms with E-state index in [1.165, 1.54) is 103 Å². The van der Waals surface area contributed by atoms with Crippen LogP contribution in [0.3, 0.4) is 0 Å². The van der Waals surface area contributed by atoms with E-state index >= 15 is 0 Å². The van der Waals surface area contributed by atoms with Gasteiger partial charge in [-0.1, -0.05) is 109 Å². The van der Waals surface area contributed by atoms with Crippen molar-refractivity contribution in [3.63, 3.8) is 0 Å². The molecule has 0 rings (SSSR count). The lowest BCUT2D eigenvalue weighted by Crippen LogP contribution is -2.27. The summed E-state index contributed by atoms with van der Waals surface area (Å²) in [6.45, 7) is 11.5. The van der Waals surface area contributed by atoms with Gasteiger partial charge in [0.1, 0.15) is 0 Å². The van der Waals surface area contributed by atoms with Crippen molar-refractivity contribution in [3.8, 4) is 0 Å². The summed E-state index contributed by atoms with van der Waals surface area (Å²) in [5.41, 5.74) is 2.03. The van der Waals surface area contributed by atoms with E-state index < -0.39 is 8.32 Å². The Morgan fingerprint density at radius 1 is 0.625 bits per heavy atom. The molecular weight excluding hydrogens is 308 g/mol. The fourth-order valence-electron chi connectivity index (χ4n) is 3.04. The van der Waals surface area contributed by atoms with Crippen LogP contribution in [0.1, 0.15) is 110 Å². The third-order valence-corrected chi connectivity index (χ3v) is 6.89. The smallest absolute Gasteiger partial charge is 0.210 e. The molecule has 0 atom stereocenters. The van der Waals surface area contributed by atoms with E-state index in [9.17, 15) is 0 Å². The van der Waals surface area contributed by atoms with Gasteiger partial charge in [0.2, 0.25) is 8.32 Å². The first-order valence-electron chi connectivity index (χ1n) is 10.9. The minimum atomic E-state index is -1.52. The number of rotatable bonds is 19. The van der Waals surface area contributed by atoms with Crippen LogP contribution in [0.15, 0.2) is 12.3 Å². The normalized spacial score (nSPS) is 11.8. The van der Waals surface area contributed by atoms with E-state index in [0.717, 1.165) is 6.61 Å². The van der Waals surface area contributed by atoms with Crippen molar-refractivity contribution in [1.82, 2.24) is 0 Å². The molecule has 144 valence electrons. The predicted octanol–water partition coefficient (Wildman–Crippen LogP) is 8.19. The quantitative estimate of drug-likeness (QED) is 0.168. The van der Waals surface area contributed by atoms with Crippen LogP contribution in [0.2, 0.25) is 13.1 Å². The molecule has 0 amide bonds. The second-order valence-electron chi connectivity index (χ2n) is 7.96. The Kier molecular flexibility index (Phi) is 17.7. The summed E-state index contributed by atoms with van der Waals surface area (Å²) in [6, 6.07) is 0. The van der Waals surface area contributed by atoms with Crippen LogP contribution in [-0.4, -0.2) is 14.9 Å². The van der Waals surface area contributed by atoms with Crippen molar-refractivity contribution in [3.05, 3.63) is 12.3 Å². The van der Waals surface area contributed by atoms with Gasteiger partial charge < -0.3 is 4.43 Å². The Balaban J connectivity index is 3.06. The molecule has 0 aromatic rings. The van der Waals surface area contributed by atoms with Gasteiger partial charge in [0, 0.05) is 6.61 Å². The van der Waals surface area contributed by atoms with Gasteiger partial charge in [0.15, 0.2) is 0 Å². The Morgan fingerprint density at radius 2 is 0.958 bits per heavy atom. The average Bonchev–Trinajstić information content (AvgIpc) is 2.57. The van der Waals surface area contributed by atoms with Crippen LogP contribution in [-0.2, 0) is 4.43 Å². The van der Waals surface area contributed by atoms with Crippen LogP contribution in [0.5, 0.6) is 0 Å². The predicted molar refractivity (Wildman–Crippen MR) is 113 cm³/mol. The highest BCUT2D eigenvalue weighted by Gasteiger charge is 2.16. The Bertz CT molecular complexity index is 263. The molecule has 0 heterocycles. The minimum Gasteiger partial charge on any atom is -0.414 e. The summed E-state index contributed by atoms with van der Waals surface area (Å²) in [5, 5.41) is 0. The zero-order valence-corrected chi connectivity index (χ0v) is 18.2. The molecule has 0 bridgehead atoms. The van der Waals surface area contributed by atoms with Crippen molar-refractivity contribution in [2.24, 2.45) is 0 Å². The van der Waals surface area contributed by atoms with Gasteiger partial charge in [-0.3, -0.25) is 0 Å². The average molecular weight is 355 g/mol. The lowest BCUT2D eigenvalue weighted by Gasteiger charge is -2.17. The maximum Gasteiger partial charge on any atom is 0.210 e. The van der Waals surface area contributed by atoms with E-state index in [2.05, 4.69) is 26.6 Å². The van der Waals surface area contributed by atoms with E-state index in [1.807, 2.05) is 5.70 Å². The fourth-order valence-corrected chi connectivity index (χ4v) is 3.83. The van der Waals surface area contributed by atoms with Gasteiger partial charge in [-0.25, -0.2) is 0 Å². The van der Waals surface area contributed by atoms with E-state index in [0.29, 0.717) is 0 Å². The fraction of sp³-hybridized carbons (Fsp3) is 0.909. The number of unbranched alkanes of at least 4 members (excludes halogenated alkanes) is 15. The summed E-state index contributed by atoms with van der Waals surface area (Å²) in [6.07, 6.45) is 22.8. The molecule has 2 heteroatoms. The summed E-state index contributed by atoms with van der Waals surface area (Å²) in [7, 11) is -1.52. The van der Waals surface area contributed by atoms with Crippen LogP contribution >= 0.6 is 0 Å². The van der Waals surface area contributed by atoms with Gasteiger partial charge >= 0.3 is 0 Å². The SMILES string of the molecule is C=C[Si](C)(C)OCCCCCCCCCCCCCCCCCC. The largest absolute Gasteiger partial charge is 0.414 e. The van der Waals surface area contributed by atoms with Gasteiger partial charge in [0.25, 0.3) is 0 Å². The third-order valence-electron chi connectivity index (χ3n) is 4.96. The van der Waals surface area contributed by atoms with Crippen molar-refractivity contribution in [2.75, 3.05) is 6.61 Å². The van der Waals surface area contributed by atoms with Crippen molar-refractivity contribution < 1.29 is 4.43 Å². The molecule has 0 saturated carbocycles. The first kappa shape index (κ1) is 23.9. The highest BCUT2D eigenvalue weighted by atomic mass is 28.4. The summed E-state index contributed by atoms with van der Waals surface area (Å²) in [4.78, 5) is 0. The molecule has 24 heavy (non-hydrogen) atoms. The maximum absolute atomic E-state index is 5.92. The molecular formula is C22H46OSi. The second kappa shape index (κ2) is 17.7. The second-order valence-corrected chi connectivity index (χ2v) is 11.9. The van der Waals surface area contributed by atoms with Gasteiger partial charge in [-0.2, -0.15) is 0 Å². The maximum atomic E-state index is 5.92. The van der Waals surface area contributed by atoms with Crippen LogP contribution in [0.25, 0.3) is 0 Å². The van der Waals surface area contributed by atoms with Crippen LogP contribution in [0.4, 0.5) is 0 Å². The van der Waals surface area contributed by atoms with Gasteiger partial charge in [-0.15, -0.1) is 6.58 Å². The monoisotopic (exact) mass is 354 g/mol. The van der Waals surface area contributed by atoms with E-state index in [1.54, 1.807) is 0 Å². The summed E-state index contributed by atoms with van der Waals surface area (Å²) in [5.74, 6) is 0. The molecule has 0 radical (unpaired) electrons. The van der Waals surface area contributed by atoms with Gasteiger partial charge in [-0.05, 0) is 19.5 Å².